The summed E-state index contributed by atoms with van der Waals surface area (Å²) in [7, 11) is 0. The molecule has 2 aromatic rings. The van der Waals surface area contributed by atoms with Gasteiger partial charge in [-0.15, -0.1) is 5.10 Å². The molecule has 1 fully saturated rings. The number of hydrogen-bond donors (Lipinski definition) is 3. The van der Waals surface area contributed by atoms with E-state index in [9.17, 15) is 10.2 Å². The van der Waals surface area contributed by atoms with E-state index in [4.69, 9.17) is 10.5 Å². The molecule has 4 atom stereocenters. The first-order valence-corrected chi connectivity index (χ1v) is 10.3. The van der Waals surface area contributed by atoms with Crippen LogP contribution >= 0.6 is 11.8 Å². The number of aliphatic hydroxyl groups excluding tert-OH is 2. The molecule has 0 saturated carbocycles. The number of aliphatic hydroxyl groups is 2. The van der Waals surface area contributed by atoms with E-state index in [0.29, 0.717) is 24.7 Å². The van der Waals surface area contributed by atoms with Crippen molar-refractivity contribution in [2.75, 3.05) is 6.54 Å². The van der Waals surface area contributed by atoms with Crippen LogP contribution in [0.4, 0.5) is 0 Å². The average Bonchev–Trinajstić information content (AvgIpc) is 3.12. The molecule has 0 aliphatic carbocycles. The highest BCUT2D eigenvalue weighted by atomic mass is 32.2. The predicted octanol–water partition coefficient (Wildman–Crippen LogP) is 0.968. The Labute approximate surface area is 168 Å². The molecular formula is C19H27N5O3S. The summed E-state index contributed by atoms with van der Waals surface area (Å²) in [5, 5.41) is 29.2. The molecule has 152 valence electrons. The number of aromatic nitrogens is 3. The van der Waals surface area contributed by atoms with E-state index >= 15 is 0 Å². The summed E-state index contributed by atoms with van der Waals surface area (Å²) in [6.07, 6.45) is 1.35. The van der Waals surface area contributed by atoms with Gasteiger partial charge in [-0.25, -0.2) is 4.68 Å². The van der Waals surface area contributed by atoms with Gasteiger partial charge in [0, 0.05) is 19.2 Å². The van der Waals surface area contributed by atoms with Gasteiger partial charge in [0.1, 0.15) is 17.6 Å². The molecule has 1 aliphatic rings. The highest BCUT2D eigenvalue weighted by Gasteiger charge is 2.37. The second-order valence-corrected chi connectivity index (χ2v) is 7.93. The van der Waals surface area contributed by atoms with Gasteiger partial charge in [-0.3, -0.25) is 4.99 Å². The topological polar surface area (TPSA) is 119 Å². The molecule has 8 nitrogen and oxygen atoms in total. The number of rotatable bonds is 7. The summed E-state index contributed by atoms with van der Waals surface area (Å²) in [5.74, 6) is 0. The van der Waals surface area contributed by atoms with Crippen LogP contribution in [0.1, 0.15) is 24.6 Å². The smallest absolute Gasteiger partial charge is 0.156 e. The Hall–Kier alpha value is -1.94. The highest BCUT2D eigenvalue weighted by Crippen LogP contribution is 2.28. The van der Waals surface area contributed by atoms with Crippen LogP contribution < -0.4 is 5.73 Å². The molecule has 9 heteroatoms. The molecule has 1 aromatic heterocycles. The van der Waals surface area contributed by atoms with Crippen LogP contribution in [-0.2, 0) is 24.1 Å². The summed E-state index contributed by atoms with van der Waals surface area (Å²) in [4.78, 5) is 4.13. The van der Waals surface area contributed by atoms with Gasteiger partial charge in [0.25, 0.3) is 0 Å². The van der Waals surface area contributed by atoms with Gasteiger partial charge < -0.3 is 20.7 Å². The first-order chi connectivity index (χ1) is 13.5. The van der Waals surface area contributed by atoms with Gasteiger partial charge >= 0.3 is 0 Å². The van der Waals surface area contributed by atoms with Gasteiger partial charge in [0.05, 0.1) is 18.3 Å². The molecule has 2 heterocycles. The summed E-state index contributed by atoms with van der Waals surface area (Å²) in [5.41, 5.74) is 7.60. The lowest BCUT2D eigenvalue weighted by molar-refractivity contribution is -0.149. The lowest BCUT2D eigenvalue weighted by Gasteiger charge is -2.36. The van der Waals surface area contributed by atoms with Crippen LogP contribution in [0.25, 0.3) is 0 Å². The standard InChI is InChI=1S/C19H27N5O3S/c1-2-21-19(20)28-17-10-15(25)18(26)16(27-17)12-24-11-14(22-23-24)9-8-13-6-4-3-5-7-13/h3-7,11,15-18,25-26H,2,8-10,12H2,1H3,(H2,20,21)/t15?,16?,17-,18+/m1/s1. The molecular weight excluding hydrogens is 378 g/mol. The molecule has 28 heavy (non-hydrogen) atoms. The summed E-state index contributed by atoms with van der Waals surface area (Å²) >= 11 is 1.27. The minimum absolute atomic E-state index is 0.294. The van der Waals surface area contributed by atoms with Gasteiger partial charge in [0.2, 0.25) is 0 Å². The number of aryl methyl sites for hydroxylation is 2. The van der Waals surface area contributed by atoms with Crippen molar-refractivity contribution in [3.63, 3.8) is 0 Å². The zero-order chi connectivity index (χ0) is 19.9. The van der Waals surface area contributed by atoms with Crippen molar-refractivity contribution in [2.24, 2.45) is 10.7 Å². The largest absolute Gasteiger partial charge is 0.390 e. The number of aliphatic imine (C=N–C) groups is 1. The number of nitrogens with two attached hydrogens (primary N) is 1. The van der Waals surface area contributed by atoms with Crippen LogP contribution in [0.3, 0.4) is 0 Å². The summed E-state index contributed by atoms with van der Waals surface area (Å²) in [6, 6.07) is 10.2. The normalized spacial score (nSPS) is 25.8. The lowest BCUT2D eigenvalue weighted by atomic mass is 10.0. The Balaban J connectivity index is 1.57. The number of amidine groups is 1. The SMILES string of the molecule is CCN=C(N)S[C@@H]1CC(O)[C@H](O)C(Cn2cc(CCc3ccccc3)nn2)O1. The number of nitrogens with zero attached hydrogens (tertiary/aromatic N) is 4. The van der Waals surface area contributed by atoms with Crippen molar-refractivity contribution in [2.45, 2.75) is 56.5 Å². The maximum atomic E-state index is 10.3. The molecule has 0 amide bonds. The van der Waals surface area contributed by atoms with Crippen LogP contribution in [0.15, 0.2) is 41.5 Å². The summed E-state index contributed by atoms with van der Waals surface area (Å²) < 4.78 is 7.58. The van der Waals surface area contributed by atoms with Crippen molar-refractivity contribution in [1.29, 1.82) is 0 Å². The van der Waals surface area contributed by atoms with Gasteiger partial charge in [-0.1, -0.05) is 47.3 Å². The molecule has 4 N–H and O–H groups in total. The Bertz CT molecular complexity index is 770. The molecule has 1 aliphatic heterocycles. The second kappa shape index (κ2) is 10.0. The minimum atomic E-state index is -0.988. The monoisotopic (exact) mass is 405 g/mol. The van der Waals surface area contributed by atoms with Crippen molar-refractivity contribution in [3.05, 3.63) is 47.8 Å². The van der Waals surface area contributed by atoms with E-state index < -0.39 is 18.3 Å². The van der Waals surface area contributed by atoms with Crippen molar-refractivity contribution in [3.8, 4) is 0 Å². The van der Waals surface area contributed by atoms with Crippen LogP contribution in [0.5, 0.6) is 0 Å². The zero-order valence-electron chi connectivity index (χ0n) is 15.9. The average molecular weight is 406 g/mol. The van der Waals surface area contributed by atoms with Crippen molar-refractivity contribution >= 4 is 16.9 Å². The van der Waals surface area contributed by atoms with E-state index in [2.05, 4.69) is 27.4 Å². The Morgan fingerprint density at radius 1 is 1.32 bits per heavy atom. The van der Waals surface area contributed by atoms with Gasteiger partial charge in [0.15, 0.2) is 5.17 Å². The fraction of sp³-hybridized carbons (Fsp3) is 0.526. The number of hydrogen-bond acceptors (Lipinski definition) is 7. The van der Waals surface area contributed by atoms with Crippen molar-refractivity contribution < 1.29 is 14.9 Å². The summed E-state index contributed by atoms with van der Waals surface area (Å²) in [6.45, 7) is 2.79. The van der Waals surface area contributed by atoms with Crippen molar-refractivity contribution in [1.82, 2.24) is 15.0 Å². The molecule has 0 radical (unpaired) electrons. The highest BCUT2D eigenvalue weighted by molar-refractivity contribution is 8.14. The zero-order valence-corrected chi connectivity index (χ0v) is 16.7. The first-order valence-electron chi connectivity index (χ1n) is 9.46. The third kappa shape index (κ3) is 5.78. The van der Waals surface area contributed by atoms with E-state index in [1.54, 1.807) is 4.68 Å². The van der Waals surface area contributed by atoms with Crippen LogP contribution in [-0.4, -0.2) is 60.7 Å². The molecule has 1 saturated heterocycles. The minimum Gasteiger partial charge on any atom is -0.390 e. The van der Waals surface area contributed by atoms with E-state index in [1.165, 1.54) is 17.3 Å². The van der Waals surface area contributed by atoms with E-state index in [1.807, 2.05) is 31.3 Å². The second-order valence-electron chi connectivity index (χ2n) is 6.75. The first kappa shape index (κ1) is 20.8. The number of thioether (sulfide) groups is 1. The number of benzene rings is 1. The Kier molecular flexibility index (Phi) is 7.43. The molecule has 1 aromatic carbocycles. The third-order valence-electron chi connectivity index (χ3n) is 4.57. The molecule has 0 bridgehead atoms. The Morgan fingerprint density at radius 3 is 2.86 bits per heavy atom. The lowest BCUT2D eigenvalue weighted by Crippen LogP contribution is -2.49. The molecule has 2 unspecified atom stereocenters. The van der Waals surface area contributed by atoms with Gasteiger partial charge in [-0.2, -0.15) is 0 Å². The van der Waals surface area contributed by atoms with Crippen LogP contribution in [0.2, 0.25) is 0 Å². The van der Waals surface area contributed by atoms with E-state index in [-0.39, 0.29) is 5.44 Å². The maximum absolute atomic E-state index is 10.3. The third-order valence-corrected chi connectivity index (χ3v) is 5.50. The number of ether oxygens (including phenoxy) is 1. The quantitative estimate of drug-likeness (QED) is 0.464. The fourth-order valence-corrected chi connectivity index (χ4v) is 4.08. The fourth-order valence-electron chi connectivity index (χ4n) is 3.11. The predicted molar refractivity (Wildman–Crippen MR) is 109 cm³/mol. The van der Waals surface area contributed by atoms with Gasteiger partial charge in [-0.05, 0) is 25.3 Å². The molecule has 0 spiro atoms. The Morgan fingerprint density at radius 2 is 2.11 bits per heavy atom. The van der Waals surface area contributed by atoms with E-state index in [0.717, 1.165) is 18.5 Å². The molecule has 3 rings (SSSR count). The van der Waals surface area contributed by atoms with Crippen LogP contribution in [0, 0.1) is 0 Å². The maximum Gasteiger partial charge on any atom is 0.156 e.